The van der Waals surface area contributed by atoms with Gasteiger partial charge in [-0.1, -0.05) is 59.5 Å². The van der Waals surface area contributed by atoms with E-state index in [0.29, 0.717) is 12.0 Å². The molecule has 6 nitrogen and oxygen atoms in total. The Labute approximate surface area is 243 Å². The average Bonchev–Trinajstić information content (AvgIpc) is 2.92. The summed E-state index contributed by atoms with van der Waals surface area (Å²) in [6.07, 6.45) is 6.67. The molecule has 4 rings (SSSR count). The Morgan fingerprint density at radius 2 is 1.38 bits per heavy atom. The van der Waals surface area contributed by atoms with Gasteiger partial charge < -0.3 is 19.1 Å². The lowest BCUT2D eigenvalue weighted by Gasteiger charge is -2.49. The van der Waals surface area contributed by atoms with E-state index in [1.54, 1.807) is 0 Å². The number of benzene rings is 2. The predicted molar refractivity (Wildman–Crippen MR) is 165 cm³/mol. The molecule has 1 aliphatic heterocycles. The van der Waals surface area contributed by atoms with Crippen molar-refractivity contribution in [3.05, 3.63) is 60.7 Å². The summed E-state index contributed by atoms with van der Waals surface area (Å²) in [6, 6.07) is 21.6. The fourth-order valence-corrected chi connectivity index (χ4v) is 9.66. The van der Waals surface area contributed by atoms with Gasteiger partial charge in [0.05, 0.1) is 0 Å². The molecule has 2 unspecified atom stereocenters. The molecule has 2 atom stereocenters. The second-order valence-electron chi connectivity index (χ2n) is 12.7. The number of ether oxygens (including phenoxy) is 1. The zero-order valence-corrected chi connectivity index (χ0v) is 26.4. The Hall–Kier alpha value is -2.51. The van der Waals surface area contributed by atoms with Crippen LogP contribution in [0.3, 0.4) is 0 Å². The average molecular weight is 571 g/mol. The van der Waals surface area contributed by atoms with E-state index in [0.717, 1.165) is 19.4 Å². The van der Waals surface area contributed by atoms with Gasteiger partial charge in [0, 0.05) is 34.2 Å². The highest BCUT2D eigenvalue weighted by Crippen LogP contribution is 2.70. The van der Waals surface area contributed by atoms with Crippen molar-refractivity contribution < 1.29 is 18.5 Å². The van der Waals surface area contributed by atoms with Crippen LogP contribution in [0.2, 0.25) is 0 Å². The maximum Gasteiger partial charge on any atom is 0.408 e. The highest BCUT2D eigenvalue weighted by atomic mass is 32.3. The normalized spacial score (nSPS) is 19.9. The SMILES string of the molecule is CC(C)(C)OC(=O)NCC(=O)N1CCCC2CCCCC21.COS(c1ccccc1)(c1ccccc1)C(C)(C)C. The summed E-state index contributed by atoms with van der Waals surface area (Å²) in [5.74, 6) is 0.690. The molecule has 1 saturated carbocycles. The summed E-state index contributed by atoms with van der Waals surface area (Å²) in [6.45, 7) is 13.1. The topological polar surface area (TPSA) is 67.9 Å². The molecule has 7 heteroatoms. The van der Waals surface area contributed by atoms with Gasteiger partial charge >= 0.3 is 6.09 Å². The highest BCUT2D eigenvalue weighted by Gasteiger charge is 2.40. The molecule has 0 spiro atoms. The van der Waals surface area contributed by atoms with Crippen LogP contribution < -0.4 is 5.32 Å². The monoisotopic (exact) mass is 570 g/mol. The summed E-state index contributed by atoms with van der Waals surface area (Å²) < 4.78 is 11.4. The van der Waals surface area contributed by atoms with E-state index in [2.05, 4.69) is 86.8 Å². The van der Waals surface area contributed by atoms with Gasteiger partial charge in [-0.25, -0.2) is 4.79 Å². The molecule has 1 N–H and O–H groups in total. The van der Waals surface area contributed by atoms with Crippen molar-refractivity contribution in [1.29, 1.82) is 0 Å². The number of carbonyl (C=O) groups excluding carboxylic acids is 2. The van der Waals surface area contributed by atoms with Gasteiger partial charge in [-0.05, 0) is 97.4 Å². The lowest BCUT2D eigenvalue weighted by molar-refractivity contribution is -0.136. The van der Waals surface area contributed by atoms with Gasteiger partial charge in [-0.2, -0.15) is 0 Å². The molecule has 1 aliphatic carbocycles. The lowest BCUT2D eigenvalue weighted by Crippen LogP contribution is -2.52. The van der Waals surface area contributed by atoms with Crippen LogP contribution >= 0.6 is 10.3 Å². The molecule has 222 valence electrons. The maximum atomic E-state index is 12.4. The number of carbonyl (C=O) groups is 2. The van der Waals surface area contributed by atoms with Crippen molar-refractivity contribution in [2.24, 2.45) is 5.92 Å². The first kappa shape index (κ1) is 32.0. The summed E-state index contributed by atoms with van der Waals surface area (Å²) in [5.41, 5.74) is -0.535. The second kappa shape index (κ2) is 13.9. The van der Waals surface area contributed by atoms with Crippen molar-refractivity contribution in [2.75, 3.05) is 20.2 Å². The van der Waals surface area contributed by atoms with E-state index in [-0.39, 0.29) is 17.2 Å². The molecule has 1 saturated heterocycles. The van der Waals surface area contributed by atoms with Crippen LogP contribution in [-0.2, 0) is 13.7 Å². The minimum absolute atomic E-state index is 0.0254. The van der Waals surface area contributed by atoms with Gasteiger partial charge in [0.2, 0.25) is 5.91 Å². The van der Waals surface area contributed by atoms with Crippen LogP contribution in [0.5, 0.6) is 0 Å². The quantitative estimate of drug-likeness (QED) is 0.396. The fourth-order valence-electron chi connectivity index (χ4n) is 6.01. The minimum atomic E-state index is -1.51. The van der Waals surface area contributed by atoms with Crippen molar-refractivity contribution in [1.82, 2.24) is 10.2 Å². The third kappa shape index (κ3) is 8.03. The van der Waals surface area contributed by atoms with E-state index in [4.69, 9.17) is 8.92 Å². The number of rotatable bonds is 5. The van der Waals surface area contributed by atoms with Crippen LogP contribution in [0.25, 0.3) is 0 Å². The Kier molecular flexibility index (Phi) is 11.1. The molecule has 0 bridgehead atoms. The van der Waals surface area contributed by atoms with Crippen molar-refractivity contribution in [3.8, 4) is 0 Å². The Morgan fingerprint density at radius 3 is 1.88 bits per heavy atom. The number of nitrogens with one attached hydrogen (secondary N) is 1. The molecule has 2 aromatic rings. The Morgan fingerprint density at radius 1 is 0.850 bits per heavy atom. The molecule has 2 aromatic carbocycles. The fraction of sp³-hybridized carbons (Fsp3) is 0.576. The number of nitrogens with zero attached hydrogens (tertiary/aromatic N) is 1. The summed E-state index contributed by atoms with van der Waals surface area (Å²) in [7, 11) is 0.326. The van der Waals surface area contributed by atoms with E-state index in [9.17, 15) is 9.59 Å². The molecular formula is C33H50N2O4S. The zero-order valence-electron chi connectivity index (χ0n) is 25.6. The minimum Gasteiger partial charge on any atom is -0.444 e. The molecule has 0 aromatic heterocycles. The second-order valence-corrected chi connectivity index (χ2v) is 16.3. The highest BCUT2D eigenvalue weighted by molar-refractivity contribution is 8.31. The molecule has 2 amide bonds. The first-order valence-corrected chi connectivity index (χ1v) is 16.2. The van der Waals surface area contributed by atoms with Crippen molar-refractivity contribution in [3.63, 3.8) is 0 Å². The number of hydrogen-bond donors (Lipinski definition) is 1. The third-order valence-corrected chi connectivity index (χ3v) is 11.7. The zero-order chi connectivity index (χ0) is 29.4. The third-order valence-electron chi connectivity index (χ3n) is 7.61. The maximum absolute atomic E-state index is 12.4. The number of fused-ring (bicyclic) bond motifs is 1. The first-order valence-electron chi connectivity index (χ1n) is 14.6. The van der Waals surface area contributed by atoms with E-state index >= 15 is 0 Å². The molecule has 1 heterocycles. The van der Waals surface area contributed by atoms with Crippen LogP contribution in [0, 0.1) is 5.92 Å². The largest absolute Gasteiger partial charge is 0.444 e. The standard InChI is InChI=1S/C17H22OS.C16H28N2O3/c1-17(2,3)19(18-4,15-11-7-5-8-12-15)16-13-9-6-10-14-16;1-16(2,3)21-15(20)17-11-14(19)18-10-6-8-12-7-4-5-9-13(12)18/h5-14H,1-4H3;12-13H,4-11H2,1-3H3,(H,17,20). The Balaban J connectivity index is 0.000000222. The number of amides is 2. The first-order chi connectivity index (χ1) is 18.9. The van der Waals surface area contributed by atoms with Gasteiger partial charge in [0.15, 0.2) is 0 Å². The van der Waals surface area contributed by atoms with Gasteiger partial charge in [-0.3, -0.25) is 4.79 Å². The number of likely N-dealkylation sites (tertiary alicyclic amines) is 1. The van der Waals surface area contributed by atoms with Crippen LogP contribution in [0.15, 0.2) is 70.5 Å². The van der Waals surface area contributed by atoms with E-state index in [1.807, 2.05) is 32.8 Å². The van der Waals surface area contributed by atoms with E-state index < -0.39 is 22.0 Å². The molecule has 2 fully saturated rings. The summed E-state index contributed by atoms with van der Waals surface area (Å²) in [4.78, 5) is 28.5. The van der Waals surface area contributed by atoms with Crippen LogP contribution in [-0.4, -0.2) is 53.5 Å². The van der Waals surface area contributed by atoms with E-state index in [1.165, 1.54) is 35.5 Å². The number of alkyl carbamates (subject to hydrolysis) is 1. The van der Waals surface area contributed by atoms with Gasteiger partial charge in [0.1, 0.15) is 12.1 Å². The van der Waals surface area contributed by atoms with Crippen LogP contribution in [0.1, 0.15) is 80.1 Å². The molecular weight excluding hydrogens is 520 g/mol. The number of piperidine rings is 1. The van der Waals surface area contributed by atoms with Crippen molar-refractivity contribution >= 4 is 22.3 Å². The summed E-state index contributed by atoms with van der Waals surface area (Å²) >= 11 is 0. The van der Waals surface area contributed by atoms with Gasteiger partial charge in [-0.15, -0.1) is 0 Å². The summed E-state index contributed by atoms with van der Waals surface area (Å²) in [5, 5.41) is 2.58. The number of hydrogen-bond acceptors (Lipinski definition) is 4. The molecule has 40 heavy (non-hydrogen) atoms. The van der Waals surface area contributed by atoms with Crippen LogP contribution in [0.4, 0.5) is 4.79 Å². The predicted octanol–water partition coefficient (Wildman–Crippen LogP) is 7.96. The smallest absolute Gasteiger partial charge is 0.408 e. The Bertz CT molecular complexity index is 1040. The van der Waals surface area contributed by atoms with Crippen molar-refractivity contribution in [2.45, 2.75) is 106 Å². The lowest BCUT2D eigenvalue weighted by atomic mass is 9.78. The molecule has 0 radical (unpaired) electrons. The molecule has 2 aliphatic rings. The van der Waals surface area contributed by atoms with Gasteiger partial charge in [0.25, 0.3) is 0 Å².